The van der Waals surface area contributed by atoms with Gasteiger partial charge in [0.05, 0.1) is 0 Å². The first-order valence-corrected chi connectivity index (χ1v) is 8.53. The Morgan fingerprint density at radius 2 is 2.00 bits per heavy atom. The Labute approximate surface area is 128 Å². The molecule has 0 radical (unpaired) electrons. The minimum absolute atomic E-state index is 0.0549. The van der Waals surface area contributed by atoms with Gasteiger partial charge < -0.3 is 5.32 Å². The predicted molar refractivity (Wildman–Crippen MR) is 88.4 cm³/mol. The molecule has 2 aromatic rings. The Hall–Kier alpha value is -1.13. The molecule has 1 amide bonds. The second-order valence-electron chi connectivity index (χ2n) is 6.08. The lowest BCUT2D eigenvalue weighted by Gasteiger charge is -2.17. The van der Waals surface area contributed by atoms with Gasteiger partial charge in [0, 0.05) is 27.6 Å². The number of carbonyl (C=O) groups excluding carboxylic acids is 1. The van der Waals surface area contributed by atoms with Crippen molar-refractivity contribution in [3.8, 4) is 9.75 Å². The number of hydrogen-bond acceptors (Lipinski definition) is 3. The van der Waals surface area contributed by atoms with Crippen molar-refractivity contribution in [2.75, 3.05) is 6.54 Å². The molecule has 20 heavy (non-hydrogen) atoms. The standard InChI is InChI=1S/C16H21NOS2/c1-16(2,3)11-15(18)17-9-8-12-6-7-14(20-12)13-5-4-10-19-13/h4-7,10H,8-9,11H2,1-3H3,(H,17,18). The van der Waals surface area contributed by atoms with Crippen LogP contribution in [0.25, 0.3) is 9.75 Å². The van der Waals surface area contributed by atoms with Gasteiger partial charge in [0.2, 0.25) is 5.91 Å². The number of rotatable bonds is 5. The molecule has 2 aromatic heterocycles. The maximum Gasteiger partial charge on any atom is 0.220 e. The number of nitrogens with one attached hydrogen (secondary N) is 1. The van der Waals surface area contributed by atoms with Gasteiger partial charge in [-0.3, -0.25) is 4.79 Å². The Kier molecular flexibility index (Phi) is 5.00. The molecule has 0 aliphatic carbocycles. The van der Waals surface area contributed by atoms with Crippen molar-refractivity contribution in [1.82, 2.24) is 5.32 Å². The fraction of sp³-hybridized carbons (Fsp3) is 0.438. The third kappa shape index (κ3) is 4.76. The first kappa shape index (κ1) is 15.3. The van der Waals surface area contributed by atoms with Crippen LogP contribution < -0.4 is 5.32 Å². The van der Waals surface area contributed by atoms with Gasteiger partial charge in [0.25, 0.3) is 0 Å². The molecule has 0 saturated carbocycles. The minimum atomic E-state index is 0.0549. The van der Waals surface area contributed by atoms with E-state index >= 15 is 0 Å². The molecule has 0 atom stereocenters. The van der Waals surface area contributed by atoms with Crippen LogP contribution in [0.4, 0.5) is 0 Å². The lowest BCUT2D eigenvalue weighted by Crippen LogP contribution is -2.29. The van der Waals surface area contributed by atoms with Crippen LogP contribution in [0, 0.1) is 5.41 Å². The number of amides is 1. The van der Waals surface area contributed by atoms with E-state index in [-0.39, 0.29) is 11.3 Å². The second-order valence-corrected chi connectivity index (χ2v) is 8.20. The van der Waals surface area contributed by atoms with Gasteiger partial charge in [-0.15, -0.1) is 22.7 Å². The summed E-state index contributed by atoms with van der Waals surface area (Å²) >= 11 is 3.58. The first-order valence-electron chi connectivity index (χ1n) is 6.83. The van der Waals surface area contributed by atoms with Crippen LogP contribution in [0.5, 0.6) is 0 Å². The number of carbonyl (C=O) groups is 1. The van der Waals surface area contributed by atoms with E-state index in [1.165, 1.54) is 14.6 Å². The summed E-state index contributed by atoms with van der Waals surface area (Å²) in [5, 5.41) is 5.10. The molecular formula is C16H21NOS2. The summed E-state index contributed by atoms with van der Waals surface area (Å²) in [6.45, 7) is 6.97. The zero-order valence-electron chi connectivity index (χ0n) is 12.2. The molecule has 0 bridgehead atoms. The molecule has 0 fully saturated rings. The maximum absolute atomic E-state index is 11.7. The molecule has 0 spiro atoms. The topological polar surface area (TPSA) is 29.1 Å². The summed E-state index contributed by atoms with van der Waals surface area (Å²) in [4.78, 5) is 15.7. The molecule has 4 heteroatoms. The van der Waals surface area contributed by atoms with Crippen molar-refractivity contribution >= 4 is 28.6 Å². The van der Waals surface area contributed by atoms with Crippen LogP contribution >= 0.6 is 22.7 Å². The highest BCUT2D eigenvalue weighted by Crippen LogP contribution is 2.31. The first-order chi connectivity index (χ1) is 9.44. The lowest BCUT2D eigenvalue weighted by atomic mass is 9.92. The molecule has 1 N–H and O–H groups in total. The van der Waals surface area contributed by atoms with Crippen LogP contribution in [0.1, 0.15) is 32.1 Å². The predicted octanol–water partition coefficient (Wildman–Crippen LogP) is 4.57. The van der Waals surface area contributed by atoms with E-state index in [2.05, 4.69) is 55.7 Å². The Balaban J connectivity index is 1.79. The van der Waals surface area contributed by atoms with E-state index in [9.17, 15) is 4.79 Å². The summed E-state index contributed by atoms with van der Waals surface area (Å²) in [5.74, 6) is 0.146. The summed E-state index contributed by atoms with van der Waals surface area (Å²) < 4.78 is 0. The maximum atomic E-state index is 11.7. The molecule has 0 aliphatic heterocycles. The molecular weight excluding hydrogens is 286 g/mol. The summed E-state index contributed by atoms with van der Waals surface area (Å²) in [6, 6.07) is 8.55. The van der Waals surface area contributed by atoms with E-state index in [1.54, 1.807) is 11.3 Å². The molecule has 2 nitrogen and oxygen atoms in total. The summed E-state index contributed by atoms with van der Waals surface area (Å²) in [7, 11) is 0. The van der Waals surface area contributed by atoms with E-state index < -0.39 is 0 Å². The van der Waals surface area contributed by atoms with E-state index in [0.29, 0.717) is 6.42 Å². The SMILES string of the molecule is CC(C)(C)CC(=O)NCCc1ccc(-c2cccs2)s1. The van der Waals surface area contributed by atoms with Gasteiger partial charge in [0.1, 0.15) is 0 Å². The van der Waals surface area contributed by atoms with Crippen LogP contribution in [0.15, 0.2) is 29.6 Å². The smallest absolute Gasteiger partial charge is 0.220 e. The summed E-state index contributed by atoms with van der Waals surface area (Å²) in [5.41, 5.74) is 0.0549. The highest BCUT2D eigenvalue weighted by molar-refractivity contribution is 7.21. The van der Waals surface area contributed by atoms with Gasteiger partial charge in [-0.05, 0) is 35.4 Å². The van der Waals surface area contributed by atoms with Crippen molar-refractivity contribution in [2.24, 2.45) is 5.41 Å². The largest absolute Gasteiger partial charge is 0.356 e. The highest BCUT2D eigenvalue weighted by atomic mass is 32.1. The van der Waals surface area contributed by atoms with Crippen LogP contribution in [-0.4, -0.2) is 12.5 Å². The van der Waals surface area contributed by atoms with Crippen molar-refractivity contribution in [2.45, 2.75) is 33.6 Å². The Bertz CT molecular complexity index is 549. The molecule has 0 unspecified atom stereocenters. The van der Waals surface area contributed by atoms with Gasteiger partial charge in [-0.25, -0.2) is 0 Å². The number of thiophene rings is 2. The third-order valence-corrected chi connectivity index (χ3v) is 5.02. The second kappa shape index (κ2) is 6.55. The third-order valence-electron chi connectivity index (χ3n) is 2.81. The van der Waals surface area contributed by atoms with E-state index in [1.807, 2.05) is 11.3 Å². The monoisotopic (exact) mass is 307 g/mol. The zero-order valence-corrected chi connectivity index (χ0v) is 13.9. The Morgan fingerprint density at radius 3 is 2.65 bits per heavy atom. The van der Waals surface area contributed by atoms with Crippen LogP contribution in [0.2, 0.25) is 0 Å². The molecule has 2 heterocycles. The number of hydrogen-bond donors (Lipinski definition) is 1. The van der Waals surface area contributed by atoms with Crippen LogP contribution in [0.3, 0.4) is 0 Å². The van der Waals surface area contributed by atoms with Gasteiger partial charge in [-0.2, -0.15) is 0 Å². The average molecular weight is 307 g/mol. The lowest BCUT2D eigenvalue weighted by molar-refractivity contribution is -0.122. The average Bonchev–Trinajstić information content (AvgIpc) is 2.96. The molecule has 0 aliphatic rings. The van der Waals surface area contributed by atoms with Gasteiger partial charge >= 0.3 is 0 Å². The van der Waals surface area contributed by atoms with Gasteiger partial charge in [0.15, 0.2) is 0 Å². The van der Waals surface area contributed by atoms with Crippen molar-refractivity contribution in [3.63, 3.8) is 0 Å². The van der Waals surface area contributed by atoms with Crippen molar-refractivity contribution in [1.29, 1.82) is 0 Å². The fourth-order valence-electron chi connectivity index (χ4n) is 1.93. The molecule has 0 aromatic carbocycles. The van der Waals surface area contributed by atoms with E-state index in [4.69, 9.17) is 0 Å². The highest BCUT2D eigenvalue weighted by Gasteiger charge is 2.15. The minimum Gasteiger partial charge on any atom is -0.356 e. The summed E-state index contributed by atoms with van der Waals surface area (Å²) in [6.07, 6.45) is 1.49. The van der Waals surface area contributed by atoms with Gasteiger partial charge in [-0.1, -0.05) is 26.8 Å². The quantitative estimate of drug-likeness (QED) is 0.861. The van der Waals surface area contributed by atoms with Crippen LogP contribution in [-0.2, 0) is 11.2 Å². The normalized spacial score (nSPS) is 11.6. The van der Waals surface area contributed by atoms with Crippen molar-refractivity contribution in [3.05, 3.63) is 34.5 Å². The van der Waals surface area contributed by atoms with E-state index in [0.717, 1.165) is 13.0 Å². The molecule has 108 valence electrons. The molecule has 0 saturated heterocycles. The zero-order chi connectivity index (χ0) is 14.6. The Morgan fingerprint density at radius 1 is 1.20 bits per heavy atom. The fourth-order valence-corrected chi connectivity index (χ4v) is 3.77. The molecule has 2 rings (SSSR count). The van der Waals surface area contributed by atoms with Crippen molar-refractivity contribution < 1.29 is 4.79 Å².